The summed E-state index contributed by atoms with van der Waals surface area (Å²) in [7, 11) is 0. The maximum absolute atomic E-state index is 5.70. The van der Waals surface area contributed by atoms with Crippen molar-refractivity contribution in [2.45, 2.75) is 52.1 Å². The van der Waals surface area contributed by atoms with Gasteiger partial charge in [0.15, 0.2) is 0 Å². The van der Waals surface area contributed by atoms with Crippen LogP contribution in [0.4, 0.5) is 0 Å². The Balaban J connectivity index is 2.08. The molecular weight excluding hydrogens is 282 g/mol. The highest BCUT2D eigenvalue weighted by Crippen LogP contribution is 2.36. The number of morpholine rings is 1. The molecule has 0 amide bonds. The van der Waals surface area contributed by atoms with Gasteiger partial charge in [0.05, 0.1) is 13.2 Å². The Bertz CT molecular complexity index is 689. The molecule has 1 aliphatic rings. The van der Waals surface area contributed by atoms with Gasteiger partial charge in [-0.05, 0) is 48.6 Å². The first kappa shape index (κ1) is 16.5. The molecular formula is C21H29NO. The lowest BCUT2D eigenvalue weighted by atomic mass is 9.89. The summed E-state index contributed by atoms with van der Waals surface area (Å²) in [5.41, 5.74) is 2.95. The predicted octanol–water partition coefficient (Wildman–Crippen LogP) is 5.14. The van der Waals surface area contributed by atoms with Gasteiger partial charge in [-0.15, -0.1) is 0 Å². The molecule has 0 saturated carbocycles. The smallest absolute Gasteiger partial charge is 0.0645 e. The third kappa shape index (κ3) is 3.02. The van der Waals surface area contributed by atoms with E-state index in [4.69, 9.17) is 4.74 Å². The van der Waals surface area contributed by atoms with Gasteiger partial charge >= 0.3 is 0 Å². The number of benzene rings is 2. The van der Waals surface area contributed by atoms with E-state index >= 15 is 0 Å². The van der Waals surface area contributed by atoms with Crippen LogP contribution in [0.3, 0.4) is 0 Å². The zero-order valence-corrected chi connectivity index (χ0v) is 15.1. The van der Waals surface area contributed by atoms with Crippen LogP contribution in [0, 0.1) is 0 Å². The van der Waals surface area contributed by atoms with Crippen molar-refractivity contribution in [1.82, 2.24) is 4.90 Å². The molecule has 2 aromatic rings. The van der Waals surface area contributed by atoms with Crippen LogP contribution in [-0.4, -0.2) is 30.2 Å². The number of nitrogens with zero attached hydrogens (tertiary/aromatic N) is 1. The first-order valence-electron chi connectivity index (χ1n) is 8.78. The van der Waals surface area contributed by atoms with Gasteiger partial charge in [0.2, 0.25) is 0 Å². The van der Waals surface area contributed by atoms with Crippen LogP contribution in [0.1, 0.15) is 57.7 Å². The van der Waals surface area contributed by atoms with Crippen molar-refractivity contribution in [3.8, 4) is 0 Å². The van der Waals surface area contributed by atoms with Gasteiger partial charge in [-0.1, -0.05) is 50.2 Å². The van der Waals surface area contributed by atoms with Crippen molar-refractivity contribution in [2.24, 2.45) is 0 Å². The monoisotopic (exact) mass is 311 g/mol. The summed E-state index contributed by atoms with van der Waals surface area (Å²) in [6, 6.07) is 13.9. The fourth-order valence-electron chi connectivity index (χ4n) is 3.97. The molecule has 2 aromatic carbocycles. The van der Waals surface area contributed by atoms with Crippen LogP contribution in [0.25, 0.3) is 10.8 Å². The molecule has 1 heterocycles. The number of hydrogen-bond acceptors (Lipinski definition) is 2. The molecule has 1 unspecified atom stereocenters. The summed E-state index contributed by atoms with van der Waals surface area (Å²) in [6.45, 7) is 14.1. The van der Waals surface area contributed by atoms with Crippen LogP contribution in [0.5, 0.6) is 0 Å². The summed E-state index contributed by atoms with van der Waals surface area (Å²) >= 11 is 0. The topological polar surface area (TPSA) is 12.5 Å². The van der Waals surface area contributed by atoms with Gasteiger partial charge in [-0.2, -0.15) is 0 Å². The molecule has 0 bridgehead atoms. The molecule has 0 spiro atoms. The van der Waals surface area contributed by atoms with Crippen LogP contribution >= 0.6 is 0 Å². The lowest BCUT2D eigenvalue weighted by Gasteiger charge is -2.46. The van der Waals surface area contributed by atoms with E-state index in [1.165, 1.54) is 21.9 Å². The van der Waals surface area contributed by atoms with E-state index in [9.17, 15) is 0 Å². The molecule has 0 N–H and O–H groups in total. The third-order valence-corrected chi connectivity index (χ3v) is 5.24. The molecule has 1 aliphatic heterocycles. The molecule has 0 aromatic heterocycles. The molecule has 3 rings (SSSR count). The molecule has 23 heavy (non-hydrogen) atoms. The number of hydrogen-bond donors (Lipinski definition) is 0. The largest absolute Gasteiger partial charge is 0.378 e. The summed E-state index contributed by atoms with van der Waals surface area (Å²) < 4.78 is 5.70. The molecule has 1 fully saturated rings. The number of rotatable bonds is 3. The Labute approximate surface area is 140 Å². The average Bonchev–Trinajstić information content (AvgIpc) is 2.52. The molecule has 0 aliphatic carbocycles. The number of ether oxygens (including phenoxy) is 1. The van der Waals surface area contributed by atoms with E-state index in [0.29, 0.717) is 12.0 Å². The van der Waals surface area contributed by atoms with Crippen molar-refractivity contribution in [3.05, 3.63) is 47.5 Å². The van der Waals surface area contributed by atoms with E-state index < -0.39 is 0 Å². The molecule has 1 atom stereocenters. The minimum atomic E-state index is 0.0789. The van der Waals surface area contributed by atoms with E-state index in [1.807, 2.05) is 0 Å². The van der Waals surface area contributed by atoms with Gasteiger partial charge in [0, 0.05) is 18.1 Å². The van der Waals surface area contributed by atoms with Gasteiger partial charge in [-0.3, -0.25) is 4.90 Å². The van der Waals surface area contributed by atoms with Crippen molar-refractivity contribution >= 4 is 10.8 Å². The normalized spacial score (nSPS) is 20.1. The first-order valence-corrected chi connectivity index (χ1v) is 8.78. The third-order valence-electron chi connectivity index (χ3n) is 5.24. The molecule has 0 radical (unpaired) electrons. The Morgan fingerprint density at radius 3 is 2.17 bits per heavy atom. The van der Waals surface area contributed by atoms with Gasteiger partial charge in [0.25, 0.3) is 0 Å². The molecule has 1 saturated heterocycles. The van der Waals surface area contributed by atoms with Crippen molar-refractivity contribution in [1.29, 1.82) is 0 Å². The lowest BCUT2D eigenvalue weighted by molar-refractivity contribution is -0.0693. The zero-order valence-electron chi connectivity index (χ0n) is 15.1. The Morgan fingerprint density at radius 1 is 0.957 bits per heavy atom. The predicted molar refractivity (Wildman–Crippen MR) is 98.1 cm³/mol. The molecule has 2 nitrogen and oxygen atoms in total. The van der Waals surface area contributed by atoms with E-state index in [1.54, 1.807) is 0 Å². The second-order valence-corrected chi connectivity index (χ2v) is 7.68. The van der Waals surface area contributed by atoms with Crippen molar-refractivity contribution in [2.75, 3.05) is 19.8 Å². The van der Waals surface area contributed by atoms with Crippen LogP contribution in [0.15, 0.2) is 36.4 Å². The zero-order chi connectivity index (χ0) is 16.6. The maximum atomic E-state index is 5.70. The number of fused-ring (bicyclic) bond motifs is 1. The summed E-state index contributed by atoms with van der Waals surface area (Å²) in [6.07, 6.45) is 0. The summed E-state index contributed by atoms with van der Waals surface area (Å²) in [5.74, 6) is 0.545. The SMILES string of the molecule is CC(C)c1ccc(C(C)N2CCOCC2(C)C)c2ccccc12. The summed E-state index contributed by atoms with van der Waals surface area (Å²) in [4.78, 5) is 2.59. The fourth-order valence-corrected chi connectivity index (χ4v) is 3.97. The van der Waals surface area contributed by atoms with Gasteiger partial charge in [-0.25, -0.2) is 0 Å². The van der Waals surface area contributed by atoms with E-state index in [0.717, 1.165) is 19.8 Å². The maximum Gasteiger partial charge on any atom is 0.0645 e. The van der Waals surface area contributed by atoms with E-state index in [-0.39, 0.29) is 5.54 Å². The first-order chi connectivity index (χ1) is 10.9. The fraction of sp³-hybridized carbons (Fsp3) is 0.524. The average molecular weight is 311 g/mol. The highest BCUT2D eigenvalue weighted by Gasteiger charge is 2.34. The second-order valence-electron chi connectivity index (χ2n) is 7.68. The van der Waals surface area contributed by atoms with Gasteiger partial charge in [0.1, 0.15) is 0 Å². The van der Waals surface area contributed by atoms with Gasteiger partial charge < -0.3 is 4.74 Å². The highest BCUT2D eigenvalue weighted by molar-refractivity contribution is 5.89. The standard InChI is InChI=1S/C21H29NO/c1-15(2)17-10-11-18(20-9-7-6-8-19(17)20)16(3)22-12-13-23-14-21(22,4)5/h6-11,15-16H,12-14H2,1-5H3. The Hall–Kier alpha value is -1.38. The Morgan fingerprint density at radius 2 is 1.57 bits per heavy atom. The quantitative estimate of drug-likeness (QED) is 0.778. The minimum Gasteiger partial charge on any atom is -0.378 e. The van der Waals surface area contributed by atoms with Crippen LogP contribution in [0.2, 0.25) is 0 Å². The second kappa shape index (κ2) is 6.26. The van der Waals surface area contributed by atoms with Crippen LogP contribution < -0.4 is 0 Å². The van der Waals surface area contributed by atoms with E-state index in [2.05, 4.69) is 75.9 Å². The minimum absolute atomic E-state index is 0.0789. The summed E-state index contributed by atoms with van der Waals surface area (Å²) in [5, 5.41) is 2.80. The lowest BCUT2D eigenvalue weighted by Crippen LogP contribution is -2.53. The molecule has 2 heteroatoms. The van der Waals surface area contributed by atoms with Crippen molar-refractivity contribution < 1.29 is 4.74 Å². The Kier molecular flexibility index (Phi) is 4.48. The van der Waals surface area contributed by atoms with Crippen LogP contribution in [-0.2, 0) is 4.74 Å². The molecule has 124 valence electrons. The highest BCUT2D eigenvalue weighted by atomic mass is 16.5. The van der Waals surface area contributed by atoms with Crippen molar-refractivity contribution in [3.63, 3.8) is 0 Å².